The van der Waals surface area contributed by atoms with Gasteiger partial charge in [-0.15, -0.1) is 0 Å². The van der Waals surface area contributed by atoms with Crippen LogP contribution in [0.5, 0.6) is 0 Å². The van der Waals surface area contributed by atoms with Crippen molar-refractivity contribution in [3.8, 4) is 0 Å². The molecule has 0 bridgehead atoms. The summed E-state index contributed by atoms with van der Waals surface area (Å²) in [7, 11) is 0. The number of hydrogen-bond donors (Lipinski definition) is 0. The molecule has 0 spiro atoms. The van der Waals surface area contributed by atoms with Crippen molar-refractivity contribution in [2.24, 2.45) is 5.92 Å². The standard InChI is InChI=1S/C16H18N2O3/c1-10-8-9-13-11(2)14(19)18(16(21)17(10)13)15(20)12-6-4-3-5-7-12/h3-7,10-11,13H,8-9H2,1-2H3/t10-,11-,13+/m1/s1. The fourth-order valence-corrected chi connectivity index (χ4v) is 3.31. The van der Waals surface area contributed by atoms with Gasteiger partial charge in [0.15, 0.2) is 0 Å². The highest BCUT2D eigenvalue weighted by Crippen LogP contribution is 2.35. The molecule has 2 aliphatic rings. The summed E-state index contributed by atoms with van der Waals surface area (Å²) >= 11 is 0. The molecule has 1 aromatic rings. The summed E-state index contributed by atoms with van der Waals surface area (Å²) in [5.41, 5.74) is 0.358. The molecule has 2 heterocycles. The molecule has 3 atom stereocenters. The number of benzene rings is 1. The summed E-state index contributed by atoms with van der Waals surface area (Å²) in [6.45, 7) is 3.77. The predicted molar refractivity (Wildman–Crippen MR) is 76.5 cm³/mol. The fraction of sp³-hybridized carbons (Fsp3) is 0.438. The largest absolute Gasteiger partial charge is 0.334 e. The maximum absolute atomic E-state index is 12.6. The van der Waals surface area contributed by atoms with Crippen LogP contribution in [-0.2, 0) is 4.79 Å². The monoisotopic (exact) mass is 286 g/mol. The number of carbonyl (C=O) groups is 3. The van der Waals surface area contributed by atoms with Gasteiger partial charge >= 0.3 is 6.03 Å². The molecule has 5 nitrogen and oxygen atoms in total. The molecule has 2 fully saturated rings. The summed E-state index contributed by atoms with van der Waals surface area (Å²) < 4.78 is 0. The van der Waals surface area contributed by atoms with Gasteiger partial charge in [-0.05, 0) is 31.9 Å². The van der Waals surface area contributed by atoms with E-state index in [4.69, 9.17) is 0 Å². The van der Waals surface area contributed by atoms with Crippen molar-refractivity contribution in [3.63, 3.8) is 0 Å². The molecule has 4 amide bonds. The Bertz CT molecular complexity index is 599. The molecule has 2 aliphatic heterocycles. The average Bonchev–Trinajstić information content (AvgIpc) is 2.88. The molecule has 0 aliphatic carbocycles. The van der Waals surface area contributed by atoms with Gasteiger partial charge in [-0.3, -0.25) is 9.59 Å². The second kappa shape index (κ2) is 4.98. The lowest BCUT2D eigenvalue weighted by Gasteiger charge is -2.40. The van der Waals surface area contributed by atoms with Crippen LogP contribution in [0.25, 0.3) is 0 Å². The predicted octanol–water partition coefficient (Wildman–Crippen LogP) is 2.28. The number of urea groups is 1. The second-order valence-corrected chi connectivity index (χ2v) is 5.82. The molecule has 21 heavy (non-hydrogen) atoms. The van der Waals surface area contributed by atoms with Crippen molar-refractivity contribution in [1.29, 1.82) is 0 Å². The van der Waals surface area contributed by atoms with Crippen LogP contribution in [0.1, 0.15) is 37.0 Å². The van der Waals surface area contributed by atoms with E-state index in [9.17, 15) is 14.4 Å². The van der Waals surface area contributed by atoms with Crippen molar-refractivity contribution in [1.82, 2.24) is 9.80 Å². The number of fused-ring (bicyclic) bond motifs is 1. The van der Waals surface area contributed by atoms with Crippen LogP contribution in [0, 0.1) is 5.92 Å². The zero-order chi connectivity index (χ0) is 15.1. The van der Waals surface area contributed by atoms with E-state index in [1.807, 2.05) is 6.92 Å². The molecule has 0 unspecified atom stereocenters. The van der Waals surface area contributed by atoms with Gasteiger partial charge in [-0.1, -0.05) is 25.1 Å². The van der Waals surface area contributed by atoms with Gasteiger partial charge in [0.25, 0.3) is 5.91 Å². The molecule has 5 heteroatoms. The Morgan fingerprint density at radius 2 is 1.76 bits per heavy atom. The Kier molecular flexibility index (Phi) is 3.27. The Balaban J connectivity index is 1.96. The van der Waals surface area contributed by atoms with Crippen LogP contribution in [0.15, 0.2) is 30.3 Å². The summed E-state index contributed by atoms with van der Waals surface area (Å²) in [6.07, 6.45) is 1.70. The first-order valence-corrected chi connectivity index (χ1v) is 7.28. The van der Waals surface area contributed by atoms with Gasteiger partial charge < -0.3 is 4.90 Å². The van der Waals surface area contributed by atoms with Crippen LogP contribution >= 0.6 is 0 Å². The molecule has 1 aromatic carbocycles. The van der Waals surface area contributed by atoms with Gasteiger partial charge in [0.2, 0.25) is 5.91 Å². The van der Waals surface area contributed by atoms with Crippen LogP contribution < -0.4 is 0 Å². The van der Waals surface area contributed by atoms with Gasteiger partial charge in [-0.25, -0.2) is 4.79 Å². The quantitative estimate of drug-likeness (QED) is 0.744. The molecule has 0 saturated carbocycles. The lowest BCUT2D eigenvalue weighted by Crippen LogP contribution is -2.61. The third kappa shape index (κ3) is 2.04. The average molecular weight is 286 g/mol. The zero-order valence-corrected chi connectivity index (χ0v) is 12.2. The Hall–Kier alpha value is -2.17. The number of hydrogen-bond acceptors (Lipinski definition) is 3. The SMILES string of the molecule is C[C@@H]1CC[C@H]2[C@@H](C)C(=O)N(C(=O)c3ccccc3)C(=O)N12. The van der Waals surface area contributed by atoms with Crippen LogP contribution in [0.3, 0.4) is 0 Å². The maximum atomic E-state index is 12.6. The lowest BCUT2D eigenvalue weighted by molar-refractivity contribution is -0.134. The van der Waals surface area contributed by atoms with E-state index in [2.05, 4.69) is 0 Å². The van der Waals surface area contributed by atoms with Gasteiger partial charge in [0.1, 0.15) is 0 Å². The van der Waals surface area contributed by atoms with Crippen molar-refractivity contribution in [2.75, 3.05) is 0 Å². The second-order valence-electron chi connectivity index (χ2n) is 5.82. The topological polar surface area (TPSA) is 57.7 Å². The van der Waals surface area contributed by atoms with E-state index in [0.29, 0.717) is 5.56 Å². The highest BCUT2D eigenvalue weighted by Gasteiger charge is 2.50. The number of amides is 4. The number of rotatable bonds is 1. The number of imide groups is 3. The fourth-order valence-electron chi connectivity index (χ4n) is 3.31. The number of nitrogens with zero attached hydrogens (tertiary/aromatic N) is 2. The Morgan fingerprint density at radius 1 is 1.10 bits per heavy atom. The summed E-state index contributed by atoms with van der Waals surface area (Å²) in [5.74, 6) is -1.25. The Morgan fingerprint density at radius 3 is 2.43 bits per heavy atom. The minimum absolute atomic E-state index is 0.0696. The first kappa shape index (κ1) is 13.8. The normalized spacial score (nSPS) is 28.8. The van der Waals surface area contributed by atoms with Crippen LogP contribution in [0.4, 0.5) is 4.79 Å². The first-order valence-electron chi connectivity index (χ1n) is 7.28. The third-order valence-electron chi connectivity index (χ3n) is 4.54. The van der Waals surface area contributed by atoms with E-state index < -0.39 is 11.9 Å². The Labute approximate surface area is 123 Å². The van der Waals surface area contributed by atoms with Crippen molar-refractivity contribution < 1.29 is 14.4 Å². The van der Waals surface area contributed by atoms with Crippen molar-refractivity contribution >= 4 is 17.8 Å². The van der Waals surface area contributed by atoms with E-state index in [0.717, 1.165) is 17.7 Å². The minimum Gasteiger partial charge on any atom is -0.317 e. The molecule has 0 aromatic heterocycles. The van der Waals surface area contributed by atoms with Crippen LogP contribution in [0.2, 0.25) is 0 Å². The molecule has 110 valence electrons. The highest BCUT2D eigenvalue weighted by molar-refractivity contribution is 6.17. The van der Waals surface area contributed by atoms with Crippen molar-refractivity contribution in [3.05, 3.63) is 35.9 Å². The summed E-state index contributed by atoms with van der Waals surface area (Å²) in [5, 5.41) is 0. The first-order chi connectivity index (χ1) is 10.0. The van der Waals surface area contributed by atoms with E-state index in [1.54, 1.807) is 42.2 Å². The van der Waals surface area contributed by atoms with Gasteiger partial charge in [0.05, 0.1) is 5.92 Å². The molecular formula is C16H18N2O3. The smallest absolute Gasteiger partial charge is 0.317 e. The molecule has 0 radical (unpaired) electrons. The van der Waals surface area contributed by atoms with E-state index in [1.165, 1.54) is 0 Å². The zero-order valence-electron chi connectivity index (χ0n) is 12.2. The summed E-state index contributed by atoms with van der Waals surface area (Å²) in [4.78, 5) is 40.1. The third-order valence-corrected chi connectivity index (χ3v) is 4.54. The van der Waals surface area contributed by atoms with Gasteiger partial charge in [0, 0.05) is 17.6 Å². The maximum Gasteiger partial charge on any atom is 0.334 e. The van der Waals surface area contributed by atoms with E-state index in [-0.39, 0.29) is 23.9 Å². The van der Waals surface area contributed by atoms with Crippen molar-refractivity contribution in [2.45, 2.75) is 38.8 Å². The van der Waals surface area contributed by atoms with Gasteiger partial charge in [-0.2, -0.15) is 4.90 Å². The summed E-state index contributed by atoms with van der Waals surface area (Å²) in [6, 6.07) is 8.00. The minimum atomic E-state index is -0.532. The molecule has 3 rings (SSSR count). The van der Waals surface area contributed by atoms with Crippen LogP contribution in [-0.4, -0.2) is 39.7 Å². The molecular weight excluding hydrogens is 268 g/mol. The molecule has 2 saturated heterocycles. The van der Waals surface area contributed by atoms with E-state index >= 15 is 0 Å². The highest BCUT2D eigenvalue weighted by atomic mass is 16.2. The number of carbonyl (C=O) groups excluding carboxylic acids is 3. The lowest BCUT2D eigenvalue weighted by atomic mass is 9.95. The molecule has 0 N–H and O–H groups in total.